The van der Waals surface area contributed by atoms with Crippen LogP contribution in [0, 0.1) is 6.92 Å². The quantitative estimate of drug-likeness (QED) is 0.397. The summed E-state index contributed by atoms with van der Waals surface area (Å²) >= 11 is 0. The van der Waals surface area contributed by atoms with Crippen molar-refractivity contribution in [3.05, 3.63) is 66.6 Å². The van der Waals surface area contributed by atoms with E-state index in [1.165, 1.54) is 0 Å². The number of hydrogen-bond acceptors (Lipinski definition) is 8. The number of rotatable bonds is 4. The van der Waals surface area contributed by atoms with E-state index in [2.05, 4.69) is 14.9 Å². The predicted molar refractivity (Wildman–Crippen MR) is 134 cm³/mol. The van der Waals surface area contributed by atoms with Crippen LogP contribution in [0.4, 0.5) is 5.82 Å². The average Bonchev–Trinajstić information content (AvgIpc) is 3.26. The fourth-order valence-electron chi connectivity index (χ4n) is 4.30. The zero-order valence-corrected chi connectivity index (χ0v) is 19.6. The number of imidazole rings is 1. The largest absolute Gasteiger partial charge is 0.378 e. The Morgan fingerprint density at radius 1 is 0.829 bits per heavy atom. The van der Waals surface area contributed by atoms with Crippen molar-refractivity contribution in [2.45, 2.75) is 6.92 Å². The molecule has 5 aromatic rings. The third-order valence-corrected chi connectivity index (χ3v) is 6.16. The summed E-state index contributed by atoms with van der Waals surface area (Å²) in [5.74, 6) is 2.81. The molecule has 0 atom stereocenters. The summed E-state index contributed by atoms with van der Waals surface area (Å²) in [6.45, 7) is 4.76. The minimum Gasteiger partial charge on any atom is -0.378 e. The molecule has 0 aliphatic carbocycles. The van der Waals surface area contributed by atoms with E-state index in [9.17, 15) is 0 Å². The third-order valence-electron chi connectivity index (χ3n) is 6.16. The standard InChI is InChI=1S/C26H24N8O/c1-17-16-28-22(18-6-4-3-5-7-18)29-20(17)23-31-25-21(26(32-23)34-12-14-35-15-13-34)30-24(33(25)2)19-8-10-27-11-9-19/h3-11,16H,12-15H2,1-2H3. The molecule has 5 heterocycles. The zero-order chi connectivity index (χ0) is 23.8. The molecule has 1 aromatic carbocycles. The molecule has 1 aliphatic rings. The molecule has 9 nitrogen and oxygen atoms in total. The number of fused-ring (bicyclic) bond motifs is 1. The highest BCUT2D eigenvalue weighted by atomic mass is 16.5. The first kappa shape index (κ1) is 21.3. The van der Waals surface area contributed by atoms with Gasteiger partial charge in [0.25, 0.3) is 0 Å². The molecule has 1 fully saturated rings. The van der Waals surface area contributed by atoms with Crippen LogP contribution >= 0.6 is 0 Å². The molecule has 1 aliphatic heterocycles. The Morgan fingerprint density at radius 3 is 2.37 bits per heavy atom. The minimum absolute atomic E-state index is 0.556. The van der Waals surface area contributed by atoms with E-state index < -0.39 is 0 Å². The summed E-state index contributed by atoms with van der Waals surface area (Å²) < 4.78 is 7.60. The van der Waals surface area contributed by atoms with Crippen LogP contribution in [0.1, 0.15) is 5.56 Å². The van der Waals surface area contributed by atoms with Gasteiger partial charge in [-0.2, -0.15) is 0 Å². The molecule has 0 bridgehead atoms. The van der Waals surface area contributed by atoms with E-state index in [-0.39, 0.29) is 0 Å². The van der Waals surface area contributed by atoms with Gasteiger partial charge in [-0.05, 0) is 24.6 Å². The molecule has 0 N–H and O–H groups in total. The lowest BCUT2D eigenvalue weighted by atomic mass is 10.2. The average molecular weight is 465 g/mol. The molecule has 0 saturated carbocycles. The molecule has 6 rings (SSSR count). The fourth-order valence-corrected chi connectivity index (χ4v) is 4.30. The van der Waals surface area contributed by atoms with Crippen LogP contribution < -0.4 is 4.90 Å². The molecule has 0 radical (unpaired) electrons. The third kappa shape index (κ3) is 3.89. The lowest BCUT2D eigenvalue weighted by Crippen LogP contribution is -2.37. The second-order valence-electron chi connectivity index (χ2n) is 8.46. The van der Waals surface area contributed by atoms with Gasteiger partial charge < -0.3 is 14.2 Å². The van der Waals surface area contributed by atoms with E-state index in [1.54, 1.807) is 12.4 Å². The van der Waals surface area contributed by atoms with Crippen LogP contribution in [-0.2, 0) is 11.8 Å². The lowest BCUT2D eigenvalue weighted by molar-refractivity contribution is 0.122. The topological polar surface area (TPSA) is 94.7 Å². The van der Waals surface area contributed by atoms with Gasteiger partial charge in [0, 0.05) is 49.9 Å². The van der Waals surface area contributed by atoms with Crippen molar-refractivity contribution in [1.82, 2.24) is 34.5 Å². The van der Waals surface area contributed by atoms with Crippen LogP contribution in [0.25, 0.3) is 45.5 Å². The molecule has 0 unspecified atom stereocenters. The summed E-state index contributed by atoms with van der Waals surface area (Å²) in [6, 6.07) is 13.8. The van der Waals surface area contributed by atoms with Gasteiger partial charge in [0.1, 0.15) is 11.5 Å². The van der Waals surface area contributed by atoms with Gasteiger partial charge in [-0.25, -0.2) is 24.9 Å². The monoisotopic (exact) mass is 464 g/mol. The van der Waals surface area contributed by atoms with Gasteiger partial charge in [-0.1, -0.05) is 30.3 Å². The number of benzene rings is 1. The van der Waals surface area contributed by atoms with Gasteiger partial charge >= 0.3 is 0 Å². The first-order valence-corrected chi connectivity index (χ1v) is 11.6. The summed E-state index contributed by atoms with van der Waals surface area (Å²) in [4.78, 5) is 30.8. The summed E-state index contributed by atoms with van der Waals surface area (Å²) in [7, 11) is 1.98. The molecule has 1 saturated heterocycles. The summed E-state index contributed by atoms with van der Waals surface area (Å²) in [6.07, 6.45) is 5.37. The van der Waals surface area contributed by atoms with Crippen LogP contribution in [0.3, 0.4) is 0 Å². The van der Waals surface area contributed by atoms with Crippen LogP contribution in [-0.4, -0.2) is 60.8 Å². The number of nitrogens with zero attached hydrogens (tertiary/aromatic N) is 8. The summed E-state index contributed by atoms with van der Waals surface area (Å²) in [5, 5.41) is 0. The molecular weight excluding hydrogens is 440 g/mol. The first-order valence-electron chi connectivity index (χ1n) is 11.6. The summed E-state index contributed by atoms with van der Waals surface area (Å²) in [5.41, 5.74) is 5.06. The Morgan fingerprint density at radius 2 is 1.60 bits per heavy atom. The van der Waals surface area contributed by atoms with Crippen LogP contribution in [0.2, 0.25) is 0 Å². The van der Waals surface area contributed by atoms with E-state index in [4.69, 9.17) is 24.7 Å². The van der Waals surface area contributed by atoms with E-state index >= 15 is 0 Å². The van der Waals surface area contributed by atoms with Crippen molar-refractivity contribution in [2.24, 2.45) is 7.05 Å². The number of pyridine rings is 1. The molecule has 9 heteroatoms. The highest BCUT2D eigenvalue weighted by Crippen LogP contribution is 2.32. The van der Waals surface area contributed by atoms with Crippen molar-refractivity contribution in [3.8, 4) is 34.3 Å². The molecule has 35 heavy (non-hydrogen) atoms. The number of morpholine rings is 1. The normalized spacial score (nSPS) is 13.9. The van der Waals surface area contributed by atoms with Gasteiger partial charge in [-0.3, -0.25) is 4.98 Å². The Bertz CT molecular complexity index is 1490. The molecule has 174 valence electrons. The molecular formula is C26H24N8O. The van der Waals surface area contributed by atoms with Gasteiger partial charge in [0.15, 0.2) is 28.6 Å². The van der Waals surface area contributed by atoms with Crippen LogP contribution in [0.15, 0.2) is 61.1 Å². The van der Waals surface area contributed by atoms with E-state index in [0.29, 0.717) is 30.6 Å². The van der Waals surface area contributed by atoms with Crippen molar-refractivity contribution in [1.29, 1.82) is 0 Å². The second kappa shape index (κ2) is 8.84. The van der Waals surface area contributed by atoms with Crippen molar-refractivity contribution in [2.75, 3.05) is 31.2 Å². The Kier molecular flexibility index (Phi) is 5.38. The number of aryl methyl sites for hydroxylation is 2. The molecule has 0 amide bonds. The number of ether oxygens (including phenoxy) is 1. The molecule has 0 spiro atoms. The van der Waals surface area contributed by atoms with Crippen molar-refractivity contribution >= 4 is 17.0 Å². The number of anilines is 1. The fraction of sp³-hybridized carbons (Fsp3) is 0.231. The maximum absolute atomic E-state index is 5.59. The number of aromatic nitrogens is 7. The minimum atomic E-state index is 0.556. The smallest absolute Gasteiger partial charge is 0.182 e. The second-order valence-corrected chi connectivity index (χ2v) is 8.46. The Balaban J connectivity index is 1.56. The van der Waals surface area contributed by atoms with E-state index in [0.717, 1.165) is 52.6 Å². The maximum atomic E-state index is 5.59. The van der Waals surface area contributed by atoms with Crippen molar-refractivity contribution in [3.63, 3.8) is 0 Å². The van der Waals surface area contributed by atoms with Crippen LogP contribution in [0.5, 0.6) is 0 Å². The lowest BCUT2D eigenvalue weighted by Gasteiger charge is -2.28. The van der Waals surface area contributed by atoms with E-state index in [1.807, 2.05) is 67.2 Å². The maximum Gasteiger partial charge on any atom is 0.182 e. The van der Waals surface area contributed by atoms with Gasteiger partial charge in [0.05, 0.1) is 13.2 Å². The predicted octanol–water partition coefficient (Wildman–Crippen LogP) is 3.69. The highest BCUT2D eigenvalue weighted by molar-refractivity contribution is 5.88. The van der Waals surface area contributed by atoms with Gasteiger partial charge in [0.2, 0.25) is 0 Å². The number of hydrogen-bond donors (Lipinski definition) is 0. The van der Waals surface area contributed by atoms with Crippen molar-refractivity contribution < 1.29 is 4.74 Å². The highest BCUT2D eigenvalue weighted by Gasteiger charge is 2.24. The zero-order valence-electron chi connectivity index (χ0n) is 19.6. The Labute approximate surface area is 202 Å². The molecule has 4 aromatic heterocycles. The Hall–Kier alpha value is -4.24. The SMILES string of the molecule is Cc1cnc(-c2ccccc2)nc1-c1nc(N2CCOCC2)c2nc(-c3ccncc3)n(C)c2n1. The first-order chi connectivity index (χ1) is 17.2. The van der Waals surface area contributed by atoms with Gasteiger partial charge in [-0.15, -0.1) is 0 Å².